The number of amides is 1. The van der Waals surface area contributed by atoms with Crippen LogP contribution in [0.25, 0.3) is 0 Å². The van der Waals surface area contributed by atoms with Crippen LogP contribution >= 0.6 is 11.6 Å². The Kier molecular flexibility index (Phi) is 3.55. The van der Waals surface area contributed by atoms with E-state index in [-0.39, 0.29) is 17.9 Å². The second kappa shape index (κ2) is 6.02. The molecule has 2 heterocycles. The Morgan fingerprint density at radius 1 is 1.29 bits per heavy atom. The standard InChI is InChI=1S/C19H18ClNO3/c1-2-23-19(22)21-10-15-13-5-3-4-6-17(13)24-18-8-7-12(20)9-14(18)16(15)11-21/h3-9,15-16H,2,10-11H2,1H3/t15-,16-/m0/s1/i3T. The number of ether oxygens (including phenoxy) is 2. The van der Waals surface area contributed by atoms with Gasteiger partial charge in [-0.1, -0.05) is 29.8 Å². The second-order valence-corrected chi connectivity index (χ2v) is 6.50. The Morgan fingerprint density at radius 3 is 2.83 bits per heavy atom. The summed E-state index contributed by atoms with van der Waals surface area (Å²) in [6.45, 7) is 3.23. The van der Waals surface area contributed by atoms with Gasteiger partial charge in [0.05, 0.1) is 7.98 Å². The highest BCUT2D eigenvalue weighted by Crippen LogP contribution is 2.50. The summed E-state index contributed by atoms with van der Waals surface area (Å²) >= 11 is 6.21. The molecule has 0 spiro atoms. The largest absolute Gasteiger partial charge is 0.457 e. The molecule has 2 aliphatic heterocycles. The first kappa shape index (κ1) is 14.2. The Morgan fingerprint density at radius 2 is 2.04 bits per heavy atom. The summed E-state index contributed by atoms with van der Waals surface area (Å²) in [5, 5.41) is 0.642. The van der Waals surface area contributed by atoms with Crippen molar-refractivity contribution in [2.24, 2.45) is 0 Å². The first-order valence-electron chi connectivity index (χ1n) is 8.56. The van der Waals surface area contributed by atoms with Crippen LogP contribution < -0.4 is 4.74 Å². The Bertz CT molecular complexity index is 782. The van der Waals surface area contributed by atoms with E-state index in [2.05, 4.69) is 0 Å². The van der Waals surface area contributed by atoms with Gasteiger partial charge in [0.2, 0.25) is 0 Å². The summed E-state index contributed by atoms with van der Waals surface area (Å²) in [4.78, 5) is 14.0. The number of rotatable bonds is 1. The van der Waals surface area contributed by atoms with Crippen LogP contribution in [0.15, 0.2) is 42.4 Å². The van der Waals surface area contributed by atoms with Crippen molar-refractivity contribution in [2.75, 3.05) is 19.7 Å². The highest BCUT2D eigenvalue weighted by atomic mass is 35.5. The Hall–Kier alpha value is -2.20. The van der Waals surface area contributed by atoms with Gasteiger partial charge < -0.3 is 14.4 Å². The lowest BCUT2D eigenvalue weighted by Gasteiger charge is -2.17. The van der Waals surface area contributed by atoms with Crippen molar-refractivity contribution in [1.82, 2.24) is 4.90 Å². The molecule has 0 radical (unpaired) electrons. The third kappa shape index (κ3) is 2.51. The number of fused-ring (bicyclic) bond motifs is 5. The Balaban J connectivity index is 1.82. The fraction of sp³-hybridized carbons (Fsp3) is 0.316. The van der Waals surface area contributed by atoms with E-state index in [0.29, 0.717) is 30.8 Å². The van der Waals surface area contributed by atoms with Gasteiger partial charge in [0.15, 0.2) is 0 Å². The molecule has 2 aliphatic rings. The summed E-state index contributed by atoms with van der Waals surface area (Å²) in [6.07, 6.45) is -0.302. The summed E-state index contributed by atoms with van der Waals surface area (Å²) in [7, 11) is 0. The van der Waals surface area contributed by atoms with E-state index in [1.54, 1.807) is 24.0 Å². The molecule has 24 heavy (non-hydrogen) atoms. The molecule has 0 aliphatic carbocycles. The van der Waals surface area contributed by atoms with Crippen molar-refractivity contribution in [3.05, 3.63) is 58.6 Å². The molecule has 0 saturated carbocycles. The van der Waals surface area contributed by atoms with Crippen LogP contribution in [-0.2, 0) is 4.74 Å². The molecular weight excluding hydrogens is 326 g/mol. The van der Waals surface area contributed by atoms with Crippen LogP contribution in [-0.4, -0.2) is 30.7 Å². The van der Waals surface area contributed by atoms with Gasteiger partial charge in [-0.15, -0.1) is 0 Å². The summed E-state index contributed by atoms with van der Waals surface area (Å²) in [5.41, 5.74) is 1.95. The molecule has 1 amide bonds. The minimum Gasteiger partial charge on any atom is -0.457 e. The quantitative estimate of drug-likeness (QED) is 0.746. The van der Waals surface area contributed by atoms with Crippen molar-refractivity contribution in [3.63, 3.8) is 0 Å². The van der Waals surface area contributed by atoms with E-state index < -0.39 is 0 Å². The average Bonchev–Trinajstić information content (AvgIpc) is 2.99. The van der Waals surface area contributed by atoms with Crippen molar-refractivity contribution in [3.8, 4) is 11.5 Å². The molecule has 124 valence electrons. The number of carbonyl (C=O) groups is 1. The Labute approximate surface area is 147 Å². The third-order valence-corrected chi connectivity index (χ3v) is 4.93. The van der Waals surface area contributed by atoms with E-state index in [9.17, 15) is 4.79 Å². The average molecular weight is 346 g/mol. The molecule has 0 N–H and O–H groups in total. The predicted octanol–water partition coefficient (Wildman–Crippen LogP) is 4.79. The summed E-state index contributed by atoms with van der Waals surface area (Å²) < 4.78 is 19.3. The van der Waals surface area contributed by atoms with Crippen molar-refractivity contribution in [2.45, 2.75) is 18.8 Å². The maximum absolute atomic E-state index is 12.2. The lowest BCUT2D eigenvalue weighted by atomic mass is 9.84. The van der Waals surface area contributed by atoms with Gasteiger partial charge in [-0.2, -0.15) is 0 Å². The van der Waals surface area contributed by atoms with Crippen LogP contribution in [0.1, 0.15) is 31.3 Å². The van der Waals surface area contributed by atoms with E-state index in [1.165, 1.54) is 0 Å². The molecule has 0 aromatic heterocycles. The smallest absolute Gasteiger partial charge is 0.409 e. The van der Waals surface area contributed by atoms with E-state index >= 15 is 0 Å². The molecule has 4 nitrogen and oxygen atoms in total. The van der Waals surface area contributed by atoms with Crippen molar-refractivity contribution < 1.29 is 15.6 Å². The first-order valence-corrected chi connectivity index (χ1v) is 8.44. The highest BCUT2D eigenvalue weighted by molar-refractivity contribution is 6.30. The second-order valence-electron chi connectivity index (χ2n) is 6.07. The SMILES string of the molecule is [3H]c1ccc2c(c1)[C@@H]1CN(C(=O)OCC)C[C@H]1c1cc(Cl)ccc1O2. The zero-order valence-electron chi connectivity index (χ0n) is 14.3. The van der Waals surface area contributed by atoms with Gasteiger partial charge in [0.1, 0.15) is 11.5 Å². The van der Waals surface area contributed by atoms with Gasteiger partial charge >= 0.3 is 6.09 Å². The molecule has 2 aromatic rings. The summed E-state index contributed by atoms with van der Waals surface area (Å²) in [5.74, 6) is 1.59. The monoisotopic (exact) mass is 345 g/mol. The number of nitrogens with zero attached hydrogens (tertiary/aromatic N) is 1. The number of benzene rings is 2. The number of carbonyl (C=O) groups excluding carboxylic acids is 1. The fourth-order valence-electron chi connectivity index (χ4n) is 3.63. The number of para-hydroxylation sites is 1. The van der Waals surface area contributed by atoms with E-state index in [4.69, 9.17) is 22.4 Å². The highest BCUT2D eigenvalue weighted by Gasteiger charge is 2.41. The number of likely N-dealkylation sites (tertiary alicyclic amines) is 1. The zero-order chi connectivity index (χ0) is 17.6. The topological polar surface area (TPSA) is 38.8 Å². The van der Waals surface area contributed by atoms with Crippen LogP contribution in [0.4, 0.5) is 4.79 Å². The zero-order valence-corrected chi connectivity index (χ0v) is 14.0. The van der Waals surface area contributed by atoms with Crippen molar-refractivity contribution in [1.29, 1.82) is 0 Å². The normalized spacial score (nSPS) is 21.8. The van der Waals surface area contributed by atoms with Crippen LogP contribution in [0.3, 0.4) is 0 Å². The van der Waals surface area contributed by atoms with E-state index in [1.807, 2.05) is 24.3 Å². The number of hydrogen-bond acceptors (Lipinski definition) is 3. The molecule has 1 saturated heterocycles. The molecule has 2 aromatic carbocycles. The number of hydrogen-bond donors (Lipinski definition) is 0. The molecule has 0 unspecified atom stereocenters. The lowest BCUT2D eigenvalue weighted by molar-refractivity contribution is 0.115. The van der Waals surface area contributed by atoms with Gasteiger partial charge in [-0.05, 0) is 31.2 Å². The maximum atomic E-state index is 12.2. The third-order valence-electron chi connectivity index (χ3n) is 4.69. The fourth-order valence-corrected chi connectivity index (χ4v) is 3.81. The maximum Gasteiger partial charge on any atom is 0.409 e. The summed E-state index contributed by atoms with van der Waals surface area (Å²) in [6, 6.07) is 11.4. The molecule has 0 bridgehead atoms. The van der Waals surface area contributed by atoms with E-state index in [0.717, 1.165) is 22.6 Å². The van der Waals surface area contributed by atoms with Gasteiger partial charge in [-0.3, -0.25) is 0 Å². The van der Waals surface area contributed by atoms with Crippen LogP contribution in [0.5, 0.6) is 11.5 Å². The van der Waals surface area contributed by atoms with Gasteiger partial charge in [-0.25, -0.2) is 4.79 Å². The lowest BCUT2D eigenvalue weighted by Crippen LogP contribution is -2.29. The minimum atomic E-state index is -0.302. The molecule has 5 heteroatoms. The minimum absolute atomic E-state index is 0.0458. The van der Waals surface area contributed by atoms with Gasteiger partial charge in [0, 0.05) is 41.1 Å². The first-order chi connectivity index (χ1) is 12.1. The molecule has 4 rings (SSSR count). The van der Waals surface area contributed by atoms with Crippen LogP contribution in [0, 0.1) is 0 Å². The predicted molar refractivity (Wildman–Crippen MR) is 92.0 cm³/mol. The molecule has 1 fully saturated rings. The number of halogens is 1. The van der Waals surface area contributed by atoms with Crippen LogP contribution in [0.2, 0.25) is 5.02 Å². The molecule has 2 atom stereocenters. The van der Waals surface area contributed by atoms with Crippen molar-refractivity contribution >= 4 is 17.7 Å². The molecular formula is C19H18ClNO3. The van der Waals surface area contributed by atoms with Gasteiger partial charge in [0.25, 0.3) is 0 Å².